The predicted molar refractivity (Wildman–Crippen MR) is 58.5 cm³/mol. The maximum absolute atomic E-state index is 12.0. The lowest BCUT2D eigenvalue weighted by Crippen LogP contribution is -2.46. The third kappa shape index (κ3) is 4.29. The highest BCUT2D eigenvalue weighted by molar-refractivity contribution is 5.85. The summed E-state index contributed by atoms with van der Waals surface area (Å²) >= 11 is 0. The van der Waals surface area contributed by atoms with Gasteiger partial charge in [0.1, 0.15) is 6.54 Å². The van der Waals surface area contributed by atoms with E-state index in [9.17, 15) is 14.7 Å². The average Bonchev–Trinajstić information content (AvgIpc) is 2.69. The first kappa shape index (κ1) is 13.9. The summed E-state index contributed by atoms with van der Waals surface area (Å²) in [6.07, 6.45) is -0.222. The van der Waals surface area contributed by atoms with Gasteiger partial charge in [0.05, 0.1) is 18.8 Å². The van der Waals surface area contributed by atoms with Crippen molar-refractivity contribution in [3.63, 3.8) is 0 Å². The van der Waals surface area contributed by atoms with Gasteiger partial charge < -0.3 is 25.2 Å². The minimum Gasteiger partial charge on any atom is -0.480 e. The van der Waals surface area contributed by atoms with Crippen LogP contribution in [-0.4, -0.2) is 72.5 Å². The van der Waals surface area contributed by atoms with E-state index in [-0.39, 0.29) is 25.6 Å². The quantitative estimate of drug-likeness (QED) is 0.515. The highest BCUT2D eigenvalue weighted by Gasteiger charge is 2.31. The Labute approximate surface area is 99.4 Å². The number of carbonyl (C=O) groups is 2. The van der Waals surface area contributed by atoms with Crippen molar-refractivity contribution in [2.45, 2.75) is 18.6 Å². The number of carboxylic acid groups (broad SMARTS) is 1. The Morgan fingerprint density at radius 1 is 1.53 bits per heavy atom. The van der Waals surface area contributed by atoms with Crippen molar-refractivity contribution < 1.29 is 24.5 Å². The molecule has 2 unspecified atom stereocenters. The number of ether oxygens (including phenoxy) is 1. The molecule has 0 aliphatic carbocycles. The largest absolute Gasteiger partial charge is 0.480 e. The molecule has 0 aromatic carbocycles. The van der Waals surface area contributed by atoms with Crippen LogP contribution in [0.5, 0.6) is 0 Å². The van der Waals surface area contributed by atoms with E-state index in [2.05, 4.69) is 5.32 Å². The van der Waals surface area contributed by atoms with Gasteiger partial charge in [-0.05, 0) is 6.42 Å². The van der Waals surface area contributed by atoms with Crippen molar-refractivity contribution in [3.05, 3.63) is 0 Å². The summed E-state index contributed by atoms with van der Waals surface area (Å²) in [6.45, 7) is 0.530. The SMILES string of the molecule is COCCN(CC(=O)O)C(=O)C1CC(O)CN1. The number of rotatable bonds is 6. The Morgan fingerprint density at radius 3 is 2.71 bits per heavy atom. The van der Waals surface area contributed by atoms with Crippen molar-refractivity contribution in [3.8, 4) is 0 Å². The molecule has 98 valence electrons. The van der Waals surface area contributed by atoms with Crippen molar-refractivity contribution in [2.24, 2.45) is 0 Å². The summed E-state index contributed by atoms with van der Waals surface area (Å²) in [5.74, 6) is -1.37. The minimum atomic E-state index is -1.06. The maximum Gasteiger partial charge on any atom is 0.323 e. The van der Waals surface area contributed by atoms with Crippen LogP contribution in [-0.2, 0) is 14.3 Å². The smallest absolute Gasteiger partial charge is 0.323 e. The summed E-state index contributed by atoms with van der Waals surface area (Å²) in [6, 6.07) is -0.499. The fourth-order valence-electron chi connectivity index (χ4n) is 1.76. The molecule has 1 aliphatic heterocycles. The molecule has 1 heterocycles. The van der Waals surface area contributed by atoms with Gasteiger partial charge in [-0.15, -0.1) is 0 Å². The van der Waals surface area contributed by atoms with Crippen molar-refractivity contribution in [1.29, 1.82) is 0 Å². The number of amides is 1. The number of aliphatic hydroxyl groups is 1. The van der Waals surface area contributed by atoms with Gasteiger partial charge in [-0.1, -0.05) is 0 Å². The Bertz CT molecular complexity index is 284. The van der Waals surface area contributed by atoms with E-state index in [4.69, 9.17) is 9.84 Å². The van der Waals surface area contributed by atoms with E-state index in [1.54, 1.807) is 0 Å². The van der Waals surface area contributed by atoms with E-state index in [1.807, 2.05) is 0 Å². The normalized spacial score (nSPS) is 23.6. The maximum atomic E-state index is 12.0. The van der Waals surface area contributed by atoms with E-state index in [1.165, 1.54) is 12.0 Å². The molecule has 0 aromatic heterocycles. The second-order valence-electron chi connectivity index (χ2n) is 4.00. The minimum absolute atomic E-state index is 0.232. The van der Waals surface area contributed by atoms with Gasteiger partial charge in [0.2, 0.25) is 5.91 Å². The molecule has 3 N–H and O–H groups in total. The topological polar surface area (TPSA) is 99.1 Å². The van der Waals surface area contributed by atoms with Gasteiger partial charge in [-0.25, -0.2) is 0 Å². The Hall–Kier alpha value is -1.18. The monoisotopic (exact) mass is 246 g/mol. The van der Waals surface area contributed by atoms with Crippen LogP contribution in [0.4, 0.5) is 0 Å². The van der Waals surface area contributed by atoms with Crippen LogP contribution in [0.1, 0.15) is 6.42 Å². The summed E-state index contributed by atoms with van der Waals surface area (Å²) in [4.78, 5) is 23.8. The van der Waals surface area contributed by atoms with Crippen LogP contribution in [0.25, 0.3) is 0 Å². The van der Waals surface area contributed by atoms with Gasteiger partial charge in [0.15, 0.2) is 0 Å². The Morgan fingerprint density at radius 2 is 2.24 bits per heavy atom. The first-order valence-corrected chi connectivity index (χ1v) is 5.45. The van der Waals surface area contributed by atoms with E-state index >= 15 is 0 Å². The molecule has 0 bridgehead atoms. The summed E-state index contributed by atoms with van der Waals surface area (Å²) in [5, 5.41) is 20.9. The first-order chi connectivity index (χ1) is 8.04. The molecule has 1 amide bonds. The fourth-order valence-corrected chi connectivity index (χ4v) is 1.76. The van der Waals surface area contributed by atoms with Crippen molar-refractivity contribution >= 4 is 11.9 Å². The van der Waals surface area contributed by atoms with E-state index < -0.39 is 18.1 Å². The van der Waals surface area contributed by atoms with Crippen molar-refractivity contribution in [1.82, 2.24) is 10.2 Å². The number of carboxylic acids is 1. The number of hydrogen-bond acceptors (Lipinski definition) is 5. The van der Waals surface area contributed by atoms with Crippen LogP contribution in [0.2, 0.25) is 0 Å². The molecule has 0 spiro atoms. The van der Waals surface area contributed by atoms with Gasteiger partial charge in [0, 0.05) is 20.2 Å². The van der Waals surface area contributed by atoms with Gasteiger partial charge >= 0.3 is 5.97 Å². The van der Waals surface area contributed by atoms with Crippen LogP contribution in [0.3, 0.4) is 0 Å². The fraction of sp³-hybridized carbons (Fsp3) is 0.800. The standard InChI is InChI=1S/C10H18N2O5/c1-17-3-2-12(6-9(14)15)10(16)8-4-7(13)5-11-8/h7-8,11,13H,2-6H2,1H3,(H,14,15). The van der Waals surface area contributed by atoms with E-state index in [0.29, 0.717) is 13.0 Å². The number of hydrogen-bond donors (Lipinski definition) is 3. The highest BCUT2D eigenvalue weighted by atomic mass is 16.5. The molecule has 1 rings (SSSR count). The zero-order valence-corrected chi connectivity index (χ0v) is 9.76. The zero-order chi connectivity index (χ0) is 12.8. The second kappa shape index (κ2) is 6.53. The molecule has 7 heteroatoms. The third-order valence-electron chi connectivity index (χ3n) is 2.61. The molecular formula is C10H18N2O5. The molecule has 0 radical (unpaired) electrons. The summed E-state index contributed by atoms with van der Waals surface area (Å²) in [5.41, 5.74) is 0. The number of nitrogens with one attached hydrogen (secondary N) is 1. The number of β-amino-alcohol motifs (C(OH)–C–C–N with tert-alkyl or cyclic N) is 1. The first-order valence-electron chi connectivity index (χ1n) is 5.45. The third-order valence-corrected chi connectivity index (χ3v) is 2.61. The molecule has 1 saturated heterocycles. The molecular weight excluding hydrogens is 228 g/mol. The Balaban J connectivity index is 2.55. The number of methoxy groups -OCH3 is 1. The zero-order valence-electron chi connectivity index (χ0n) is 9.76. The number of nitrogens with zero attached hydrogens (tertiary/aromatic N) is 1. The molecule has 0 aromatic rings. The lowest BCUT2D eigenvalue weighted by Gasteiger charge is -2.23. The van der Waals surface area contributed by atoms with Gasteiger partial charge in [-0.2, -0.15) is 0 Å². The molecule has 7 nitrogen and oxygen atoms in total. The lowest BCUT2D eigenvalue weighted by molar-refractivity contribution is -0.145. The Kier molecular flexibility index (Phi) is 5.33. The van der Waals surface area contributed by atoms with E-state index in [0.717, 1.165) is 0 Å². The molecule has 1 aliphatic rings. The number of carbonyl (C=O) groups excluding carboxylic acids is 1. The molecule has 17 heavy (non-hydrogen) atoms. The molecule has 1 fully saturated rings. The second-order valence-corrected chi connectivity index (χ2v) is 4.00. The lowest BCUT2D eigenvalue weighted by atomic mass is 10.2. The van der Waals surface area contributed by atoms with Crippen LogP contribution in [0, 0.1) is 0 Å². The average molecular weight is 246 g/mol. The van der Waals surface area contributed by atoms with Crippen molar-refractivity contribution in [2.75, 3.05) is 33.4 Å². The van der Waals surface area contributed by atoms with Crippen LogP contribution in [0.15, 0.2) is 0 Å². The molecule has 2 atom stereocenters. The van der Waals surface area contributed by atoms with Crippen LogP contribution < -0.4 is 5.32 Å². The van der Waals surface area contributed by atoms with Gasteiger partial charge in [-0.3, -0.25) is 9.59 Å². The number of aliphatic carboxylic acids is 1. The summed E-state index contributed by atoms with van der Waals surface area (Å²) < 4.78 is 4.83. The predicted octanol–water partition coefficient (Wildman–Crippen LogP) is -1.73. The summed E-state index contributed by atoms with van der Waals surface area (Å²) in [7, 11) is 1.49. The molecule has 0 saturated carbocycles. The number of aliphatic hydroxyl groups excluding tert-OH is 1. The van der Waals surface area contributed by atoms with Gasteiger partial charge in [0.25, 0.3) is 0 Å². The van der Waals surface area contributed by atoms with Crippen LogP contribution >= 0.6 is 0 Å². The highest BCUT2D eigenvalue weighted by Crippen LogP contribution is 2.09.